The molecule has 1 unspecified atom stereocenters. The number of para-hydroxylation sites is 2. The number of nitrogens with one attached hydrogen (secondary N) is 1. The number of fused-ring (bicyclic) bond motifs is 1. The van der Waals surface area contributed by atoms with Crippen molar-refractivity contribution >= 4 is 46.0 Å². The van der Waals surface area contributed by atoms with Crippen molar-refractivity contribution in [2.75, 3.05) is 11.6 Å². The topological polar surface area (TPSA) is 42.0 Å². The number of aromatic nitrogens is 1. The summed E-state index contributed by atoms with van der Waals surface area (Å²) in [7, 11) is 0. The Labute approximate surface area is 150 Å². The number of carbonyl (C=O) groups excluding carboxylic acids is 1. The third-order valence-corrected chi connectivity index (χ3v) is 5.44. The number of hydrogen-bond acceptors (Lipinski definition) is 4. The summed E-state index contributed by atoms with van der Waals surface area (Å²) in [4.78, 5) is 18.2. The molecule has 122 valence electrons. The molecule has 1 aromatic heterocycles. The van der Waals surface area contributed by atoms with Crippen molar-refractivity contribution in [1.29, 1.82) is 0 Å². The molecule has 1 atom stereocenters. The van der Waals surface area contributed by atoms with E-state index in [1.54, 1.807) is 11.8 Å². The van der Waals surface area contributed by atoms with Gasteiger partial charge in [-0.2, -0.15) is 0 Å². The zero-order valence-corrected chi connectivity index (χ0v) is 15.2. The molecule has 1 heterocycles. The number of thioether (sulfide) groups is 2. The fraction of sp³-hybridized carbons (Fsp3) is 0.158. The Hall–Kier alpha value is -1.98. The molecular weight excluding hydrogens is 336 g/mol. The summed E-state index contributed by atoms with van der Waals surface area (Å²) >= 11 is 3.09. The van der Waals surface area contributed by atoms with Crippen LogP contribution in [-0.2, 0) is 4.79 Å². The predicted octanol–water partition coefficient (Wildman–Crippen LogP) is 5.08. The van der Waals surface area contributed by atoms with E-state index in [0.29, 0.717) is 0 Å². The summed E-state index contributed by atoms with van der Waals surface area (Å²) in [5.74, 6) is -0.0172. The second-order valence-corrected chi connectivity index (χ2v) is 7.50. The van der Waals surface area contributed by atoms with Gasteiger partial charge in [0.15, 0.2) is 0 Å². The molecule has 0 radical (unpaired) electrons. The lowest BCUT2D eigenvalue weighted by molar-refractivity contribution is -0.115. The lowest BCUT2D eigenvalue weighted by atomic mass is 10.2. The van der Waals surface area contributed by atoms with Crippen molar-refractivity contribution in [3.8, 4) is 0 Å². The van der Waals surface area contributed by atoms with Crippen LogP contribution in [0.5, 0.6) is 0 Å². The maximum atomic E-state index is 12.5. The first kappa shape index (κ1) is 16.9. The van der Waals surface area contributed by atoms with Crippen LogP contribution < -0.4 is 5.32 Å². The molecule has 3 rings (SSSR count). The highest BCUT2D eigenvalue weighted by Crippen LogP contribution is 2.27. The average Bonchev–Trinajstić information content (AvgIpc) is 2.62. The average molecular weight is 355 g/mol. The molecular formula is C19H18N2OS2. The Bertz CT molecular complexity index is 867. The molecule has 0 fully saturated rings. The van der Waals surface area contributed by atoms with E-state index in [1.165, 1.54) is 11.8 Å². The molecule has 0 aliphatic carbocycles. The van der Waals surface area contributed by atoms with Crippen LogP contribution in [0.3, 0.4) is 0 Å². The highest BCUT2D eigenvalue weighted by molar-refractivity contribution is 8.00. The summed E-state index contributed by atoms with van der Waals surface area (Å²) in [5, 5.41) is 4.74. The van der Waals surface area contributed by atoms with Crippen molar-refractivity contribution < 1.29 is 4.79 Å². The van der Waals surface area contributed by atoms with Gasteiger partial charge in [0.25, 0.3) is 0 Å². The summed E-state index contributed by atoms with van der Waals surface area (Å²) in [5.41, 5.74) is 1.80. The number of nitrogens with zero attached hydrogens (tertiary/aromatic N) is 1. The van der Waals surface area contributed by atoms with Crippen LogP contribution in [0.2, 0.25) is 0 Å². The fourth-order valence-corrected chi connectivity index (χ4v) is 3.71. The summed E-state index contributed by atoms with van der Waals surface area (Å²) < 4.78 is 0. The third kappa shape index (κ3) is 3.91. The summed E-state index contributed by atoms with van der Waals surface area (Å²) in [6, 6.07) is 19.8. The monoisotopic (exact) mass is 354 g/mol. The Balaban J connectivity index is 1.71. The smallest absolute Gasteiger partial charge is 0.237 e. The number of hydrogen-bond donors (Lipinski definition) is 1. The summed E-state index contributed by atoms with van der Waals surface area (Å²) in [6.07, 6.45) is 2.00. The largest absolute Gasteiger partial charge is 0.324 e. The van der Waals surface area contributed by atoms with E-state index in [1.807, 2.05) is 73.8 Å². The first-order chi connectivity index (χ1) is 11.7. The van der Waals surface area contributed by atoms with Crippen LogP contribution in [0.4, 0.5) is 5.69 Å². The molecule has 0 bridgehead atoms. The van der Waals surface area contributed by atoms with Gasteiger partial charge in [-0.15, -0.1) is 11.8 Å². The lowest BCUT2D eigenvalue weighted by Crippen LogP contribution is -2.22. The van der Waals surface area contributed by atoms with Gasteiger partial charge in [0.2, 0.25) is 5.91 Å². The molecule has 5 heteroatoms. The van der Waals surface area contributed by atoms with E-state index in [-0.39, 0.29) is 11.2 Å². The van der Waals surface area contributed by atoms with Crippen molar-refractivity contribution in [2.24, 2.45) is 0 Å². The number of anilines is 1. The van der Waals surface area contributed by atoms with Gasteiger partial charge in [0.1, 0.15) is 0 Å². The minimum atomic E-state index is -0.228. The second kappa shape index (κ2) is 7.73. The Morgan fingerprint density at radius 2 is 1.79 bits per heavy atom. The zero-order valence-electron chi connectivity index (χ0n) is 13.5. The predicted molar refractivity (Wildman–Crippen MR) is 104 cm³/mol. The lowest BCUT2D eigenvalue weighted by Gasteiger charge is -2.13. The first-order valence-electron chi connectivity index (χ1n) is 7.63. The molecule has 1 amide bonds. The molecule has 0 aliphatic rings. The van der Waals surface area contributed by atoms with Gasteiger partial charge in [0, 0.05) is 10.3 Å². The maximum absolute atomic E-state index is 12.5. The molecule has 3 aromatic rings. The zero-order chi connectivity index (χ0) is 16.9. The van der Waals surface area contributed by atoms with Crippen LogP contribution in [0.1, 0.15) is 6.92 Å². The number of benzene rings is 2. The maximum Gasteiger partial charge on any atom is 0.237 e. The molecule has 0 saturated heterocycles. The Kier molecular flexibility index (Phi) is 5.43. The van der Waals surface area contributed by atoms with E-state index in [4.69, 9.17) is 0 Å². The molecule has 0 spiro atoms. The fourth-order valence-electron chi connectivity index (χ4n) is 2.33. The van der Waals surface area contributed by atoms with E-state index in [0.717, 1.165) is 26.5 Å². The van der Waals surface area contributed by atoms with Crippen LogP contribution in [0.25, 0.3) is 10.9 Å². The minimum absolute atomic E-state index is 0.0172. The first-order valence-corrected chi connectivity index (χ1v) is 9.74. The van der Waals surface area contributed by atoms with Crippen molar-refractivity contribution in [3.63, 3.8) is 0 Å². The van der Waals surface area contributed by atoms with E-state index in [2.05, 4.69) is 10.3 Å². The van der Waals surface area contributed by atoms with Gasteiger partial charge in [-0.05, 0) is 37.4 Å². The van der Waals surface area contributed by atoms with E-state index in [9.17, 15) is 4.79 Å². The highest BCUT2D eigenvalue weighted by Gasteiger charge is 2.16. The van der Waals surface area contributed by atoms with Crippen LogP contribution in [-0.4, -0.2) is 22.4 Å². The van der Waals surface area contributed by atoms with E-state index >= 15 is 0 Å². The molecule has 1 N–H and O–H groups in total. The van der Waals surface area contributed by atoms with Gasteiger partial charge < -0.3 is 5.32 Å². The van der Waals surface area contributed by atoms with Crippen LogP contribution >= 0.6 is 23.5 Å². The van der Waals surface area contributed by atoms with Gasteiger partial charge >= 0.3 is 0 Å². The number of amides is 1. The number of pyridine rings is 1. The van der Waals surface area contributed by atoms with Crippen molar-refractivity contribution in [3.05, 3.63) is 60.7 Å². The summed E-state index contributed by atoms with van der Waals surface area (Å²) in [6.45, 7) is 1.90. The Morgan fingerprint density at radius 3 is 2.62 bits per heavy atom. The molecule has 0 saturated carbocycles. The quantitative estimate of drug-likeness (QED) is 0.649. The van der Waals surface area contributed by atoms with Crippen molar-refractivity contribution in [2.45, 2.75) is 22.1 Å². The van der Waals surface area contributed by atoms with Crippen LogP contribution in [0.15, 0.2) is 70.6 Å². The molecule has 3 nitrogen and oxygen atoms in total. The highest BCUT2D eigenvalue weighted by atomic mass is 32.2. The van der Waals surface area contributed by atoms with E-state index < -0.39 is 0 Å². The van der Waals surface area contributed by atoms with Gasteiger partial charge in [-0.3, -0.25) is 4.79 Å². The SMILES string of the molecule is CSc1ccccc1NC(=O)C(C)Sc1ccc2ccccc2n1. The second-order valence-electron chi connectivity index (χ2n) is 5.29. The Morgan fingerprint density at radius 1 is 1.04 bits per heavy atom. The molecule has 0 aliphatic heterocycles. The normalized spacial score (nSPS) is 12.1. The van der Waals surface area contributed by atoms with Gasteiger partial charge in [-0.25, -0.2) is 4.98 Å². The van der Waals surface area contributed by atoms with Crippen LogP contribution in [0, 0.1) is 0 Å². The molecule has 24 heavy (non-hydrogen) atoms. The van der Waals surface area contributed by atoms with Gasteiger partial charge in [0.05, 0.1) is 21.5 Å². The number of rotatable bonds is 5. The number of carbonyl (C=O) groups is 1. The minimum Gasteiger partial charge on any atom is -0.324 e. The standard InChI is InChI=1S/C19H18N2OS2/c1-13(19(22)21-16-9-5-6-10-17(16)23-2)24-18-12-11-14-7-3-4-8-15(14)20-18/h3-13H,1-2H3,(H,21,22). The van der Waals surface area contributed by atoms with Crippen molar-refractivity contribution in [1.82, 2.24) is 4.98 Å². The molecule has 2 aromatic carbocycles. The third-order valence-electron chi connectivity index (χ3n) is 3.60. The van der Waals surface area contributed by atoms with Gasteiger partial charge in [-0.1, -0.05) is 48.2 Å².